The summed E-state index contributed by atoms with van der Waals surface area (Å²) in [6, 6.07) is -0.0958. The summed E-state index contributed by atoms with van der Waals surface area (Å²) >= 11 is 0. The van der Waals surface area contributed by atoms with Crippen molar-refractivity contribution in [1.29, 1.82) is 0 Å². The van der Waals surface area contributed by atoms with E-state index in [4.69, 9.17) is 4.74 Å². The van der Waals surface area contributed by atoms with E-state index in [2.05, 4.69) is 0 Å². The topological polar surface area (TPSA) is 90.3 Å². The minimum atomic E-state index is -1.52. The SMILES string of the molecule is COC(C(C)C(=O)N1CCC[C@H]1B(O)O)C1CCCN1C=O. The van der Waals surface area contributed by atoms with Crippen LogP contribution < -0.4 is 0 Å². The van der Waals surface area contributed by atoms with Crippen LogP contribution in [0.2, 0.25) is 0 Å². The van der Waals surface area contributed by atoms with Crippen LogP contribution in [-0.4, -0.2) is 77.6 Å². The van der Waals surface area contributed by atoms with Crippen molar-refractivity contribution in [2.24, 2.45) is 5.92 Å². The molecule has 0 aromatic rings. The van der Waals surface area contributed by atoms with E-state index in [1.54, 1.807) is 23.8 Å². The highest BCUT2D eigenvalue weighted by Gasteiger charge is 2.43. The van der Waals surface area contributed by atoms with Crippen LogP contribution in [0.25, 0.3) is 0 Å². The Balaban J connectivity index is 2.09. The van der Waals surface area contributed by atoms with E-state index < -0.39 is 19.0 Å². The number of rotatable bonds is 6. The van der Waals surface area contributed by atoms with Crippen LogP contribution in [0.3, 0.4) is 0 Å². The molecule has 0 bridgehead atoms. The third-order valence-electron chi connectivity index (χ3n) is 4.94. The maximum Gasteiger partial charge on any atom is 0.475 e. The first-order valence-electron chi connectivity index (χ1n) is 7.91. The number of carbonyl (C=O) groups is 2. The van der Waals surface area contributed by atoms with Gasteiger partial charge in [0.2, 0.25) is 12.3 Å². The molecule has 124 valence electrons. The molecule has 0 aromatic heterocycles. The maximum atomic E-state index is 12.7. The molecule has 8 heteroatoms. The summed E-state index contributed by atoms with van der Waals surface area (Å²) in [4.78, 5) is 27.1. The average molecular weight is 312 g/mol. The smallest absolute Gasteiger partial charge is 0.426 e. The molecule has 0 radical (unpaired) electrons. The molecule has 2 N–H and O–H groups in total. The quantitative estimate of drug-likeness (QED) is 0.498. The maximum absolute atomic E-state index is 12.7. The van der Waals surface area contributed by atoms with Crippen LogP contribution in [0, 0.1) is 5.92 Å². The highest BCUT2D eigenvalue weighted by Crippen LogP contribution is 2.28. The highest BCUT2D eigenvalue weighted by molar-refractivity contribution is 6.43. The zero-order valence-corrected chi connectivity index (χ0v) is 13.2. The first-order chi connectivity index (χ1) is 10.5. The summed E-state index contributed by atoms with van der Waals surface area (Å²) in [6.45, 7) is 3.01. The molecule has 2 aliphatic heterocycles. The van der Waals surface area contributed by atoms with Crippen LogP contribution >= 0.6 is 0 Å². The Bertz CT molecular complexity index is 409. The number of ether oxygens (including phenoxy) is 1. The molecule has 2 fully saturated rings. The van der Waals surface area contributed by atoms with Gasteiger partial charge in [0, 0.05) is 20.2 Å². The van der Waals surface area contributed by atoms with Crippen molar-refractivity contribution in [3.63, 3.8) is 0 Å². The molecular formula is C14H25BN2O5. The van der Waals surface area contributed by atoms with Crippen molar-refractivity contribution < 1.29 is 24.4 Å². The average Bonchev–Trinajstić information content (AvgIpc) is 3.15. The zero-order chi connectivity index (χ0) is 16.3. The summed E-state index contributed by atoms with van der Waals surface area (Å²) < 4.78 is 5.53. The number of hydrogen-bond donors (Lipinski definition) is 2. The van der Waals surface area contributed by atoms with Gasteiger partial charge in [0.1, 0.15) is 0 Å². The molecule has 0 aliphatic carbocycles. The third-order valence-corrected chi connectivity index (χ3v) is 4.94. The van der Waals surface area contributed by atoms with E-state index in [9.17, 15) is 19.6 Å². The summed E-state index contributed by atoms with van der Waals surface area (Å²) in [5, 5.41) is 18.8. The minimum Gasteiger partial charge on any atom is -0.426 e. The molecule has 2 aliphatic rings. The summed E-state index contributed by atoms with van der Waals surface area (Å²) in [5.74, 6) is -1.12. The van der Waals surface area contributed by atoms with Gasteiger partial charge < -0.3 is 24.6 Å². The Labute approximate surface area is 131 Å². The number of methoxy groups -OCH3 is 1. The zero-order valence-electron chi connectivity index (χ0n) is 13.2. The number of nitrogens with zero attached hydrogens (tertiary/aromatic N) is 2. The Kier molecular flexibility index (Phi) is 5.83. The molecule has 4 atom stereocenters. The first-order valence-corrected chi connectivity index (χ1v) is 7.91. The lowest BCUT2D eigenvalue weighted by atomic mass is 9.77. The molecule has 0 saturated carbocycles. The van der Waals surface area contributed by atoms with Crippen LogP contribution in [0.4, 0.5) is 0 Å². The fourth-order valence-corrected chi connectivity index (χ4v) is 3.77. The van der Waals surface area contributed by atoms with Gasteiger partial charge in [-0.15, -0.1) is 0 Å². The third kappa shape index (κ3) is 3.28. The van der Waals surface area contributed by atoms with Crippen LogP contribution in [0.5, 0.6) is 0 Å². The van der Waals surface area contributed by atoms with Gasteiger partial charge >= 0.3 is 7.12 Å². The lowest BCUT2D eigenvalue weighted by Gasteiger charge is -2.35. The van der Waals surface area contributed by atoms with E-state index in [-0.39, 0.29) is 18.1 Å². The Morgan fingerprint density at radius 2 is 2.00 bits per heavy atom. The van der Waals surface area contributed by atoms with Gasteiger partial charge in [-0.1, -0.05) is 6.92 Å². The molecular weight excluding hydrogens is 287 g/mol. The van der Waals surface area contributed by atoms with Gasteiger partial charge in [0.25, 0.3) is 0 Å². The van der Waals surface area contributed by atoms with Crippen molar-refractivity contribution in [3.8, 4) is 0 Å². The monoisotopic (exact) mass is 312 g/mol. The molecule has 7 nitrogen and oxygen atoms in total. The molecule has 0 spiro atoms. The minimum absolute atomic E-state index is 0.0958. The van der Waals surface area contributed by atoms with Gasteiger partial charge in [-0.3, -0.25) is 9.59 Å². The molecule has 2 rings (SSSR count). The van der Waals surface area contributed by atoms with Crippen LogP contribution in [0.15, 0.2) is 0 Å². The summed E-state index contributed by atoms with van der Waals surface area (Å²) in [5.41, 5.74) is 0. The van der Waals surface area contributed by atoms with Crippen molar-refractivity contribution in [3.05, 3.63) is 0 Å². The van der Waals surface area contributed by atoms with Crippen molar-refractivity contribution in [2.75, 3.05) is 20.2 Å². The van der Waals surface area contributed by atoms with Crippen molar-refractivity contribution in [2.45, 2.75) is 50.7 Å². The van der Waals surface area contributed by atoms with Gasteiger partial charge in [-0.2, -0.15) is 0 Å². The van der Waals surface area contributed by atoms with Crippen molar-refractivity contribution in [1.82, 2.24) is 9.80 Å². The van der Waals surface area contributed by atoms with E-state index in [1.165, 1.54) is 0 Å². The molecule has 2 amide bonds. The predicted octanol–water partition coefficient (Wildman–Crippen LogP) is -0.739. The Hall–Kier alpha value is -1.12. The standard InChI is InChI=1S/C14H25BN2O5/c1-10(13(22-2)11-5-3-7-16(11)9-18)14(19)17-8-4-6-12(17)15(20)21/h9-13,20-21H,3-8H2,1-2H3/t10?,11?,12-,13?/m0/s1. The van der Waals surface area contributed by atoms with Crippen molar-refractivity contribution >= 4 is 19.4 Å². The molecule has 2 saturated heterocycles. The second-order valence-corrected chi connectivity index (χ2v) is 6.20. The number of likely N-dealkylation sites (tertiary alicyclic amines) is 2. The fraction of sp³-hybridized carbons (Fsp3) is 0.857. The largest absolute Gasteiger partial charge is 0.475 e. The summed E-state index contributed by atoms with van der Waals surface area (Å²) in [6.07, 6.45) is 3.53. The number of amides is 2. The van der Waals surface area contributed by atoms with E-state index in [1.807, 2.05) is 0 Å². The Morgan fingerprint density at radius 3 is 2.59 bits per heavy atom. The second kappa shape index (κ2) is 7.43. The predicted molar refractivity (Wildman–Crippen MR) is 80.7 cm³/mol. The normalized spacial score (nSPS) is 27.8. The van der Waals surface area contributed by atoms with E-state index in [0.29, 0.717) is 19.5 Å². The van der Waals surface area contributed by atoms with Gasteiger partial charge in [0.05, 0.1) is 24.0 Å². The number of hydrogen-bond acceptors (Lipinski definition) is 5. The highest BCUT2D eigenvalue weighted by atomic mass is 16.5. The molecule has 22 heavy (non-hydrogen) atoms. The van der Waals surface area contributed by atoms with E-state index >= 15 is 0 Å². The van der Waals surface area contributed by atoms with Gasteiger partial charge in [-0.05, 0) is 25.7 Å². The fourth-order valence-electron chi connectivity index (χ4n) is 3.77. The molecule has 3 unspecified atom stereocenters. The Morgan fingerprint density at radius 1 is 1.32 bits per heavy atom. The van der Waals surface area contributed by atoms with Crippen LogP contribution in [0.1, 0.15) is 32.6 Å². The molecule has 2 heterocycles. The molecule has 0 aromatic carbocycles. The van der Waals surface area contributed by atoms with Gasteiger partial charge in [-0.25, -0.2) is 0 Å². The lowest BCUT2D eigenvalue weighted by molar-refractivity contribution is -0.142. The van der Waals surface area contributed by atoms with Gasteiger partial charge in [0.15, 0.2) is 0 Å². The number of carbonyl (C=O) groups excluding carboxylic acids is 2. The lowest BCUT2D eigenvalue weighted by Crippen LogP contribution is -2.52. The van der Waals surface area contributed by atoms with Crippen LogP contribution in [-0.2, 0) is 14.3 Å². The second-order valence-electron chi connectivity index (χ2n) is 6.20. The first kappa shape index (κ1) is 17.2. The van der Waals surface area contributed by atoms with E-state index in [0.717, 1.165) is 25.7 Å². The summed E-state index contributed by atoms with van der Waals surface area (Å²) in [7, 11) is 0.0376.